The topological polar surface area (TPSA) is 89.8 Å². The van der Waals surface area contributed by atoms with Crippen LogP contribution in [-0.2, 0) is 4.79 Å². The summed E-state index contributed by atoms with van der Waals surface area (Å²) < 4.78 is 0. The van der Waals surface area contributed by atoms with Gasteiger partial charge in [-0.2, -0.15) is 0 Å². The SMILES string of the molecule is CCCCCCCCC=CCCCCCCCC(=O)NC(CO)C(O)C(O)CCCCCCCCCCCCCC. The minimum atomic E-state index is -1.13. The monoisotopic (exact) mass is 582 g/mol. The molecule has 3 atom stereocenters. The Morgan fingerprint density at radius 1 is 0.585 bits per heavy atom. The number of carbonyl (C=O) groups is 1. The molecule has 4 N–H and O–H groups in total. The molecule has 0 aliphatic carbocycles. The number of nitrogens with one attached hydrogen (secondary N) is 1. The molecule has 0 saturated carbocycles. The van der Waals surface area contributed by atoms with Crippen LogP contribution < -0.4 is 5.32 Å². The van der Waals surface area contributed by atoms with Gasteiger partial charge in [0.15, 0.2) is 0 Å². The van der Waals surface area contributed by atoms with E-state index in [4.69, 9.17) is 0 Å². The van der Waals surface area contributed by atoms with Gasteiger partial charge < -0.3 is 20.6 Å². The van der Waals surface area contributed by atoms with Gasteiger partial charge in [-0.15, -0.1) is 0 Å². The van der Waals surface area contributed by atoms with Gasteiger partial charge >= 0.3 is 0 Å². The summed E-state index contributed by atoms with van der Waals surface area (Å²) in [6.07, 6.45) is 34.4. The quantitative estimate of drug-likeness (QED) is 0.0471. The molecule has 0 bridgehead atoms. The zero-order valence-corrected chi connectivity index (χ0v) is 27.4. The zero-order valence-electron chi connectivity index (χ0n) is 27.4. The van der Waals surface area contributed by atoms with Crippen LogP contribution in [-0.4, -0.2) is 46.1 Å². The zero-order chi connectivity index (χ0) is 30.2. The molecule has 5 nitrogen and oxygen atoms in total. The number of hydrogen-bond acceptors (Lipinski definition) is 4. The second-order valence-electron chi connectivity index (χ2n) is 12.4. The van der Waals surface area contributed by atoms with Crippen LogP contribution in [0, 0.1) is 0 Å². The first-order chi connectivity index (χ1) is 20.1. The van der Waals surface area contributed by atoms with Crippen LogP contribution in [0.5, 0.6) is 0 Å². The van der Waals surface area contributed by atoms with E-state index in [0.29, 0.717) is 12.8 Å². The third-order valence-corrected chi connectivity index (χ3v) is 8.37. The van der Waals surface area contributed by atoms with Crippen LogP contribution in [0.4, 0.5) is 0 Å². The average Bonchev–Trinajstić information content (AvgIpc) is 2.97. The molecule has 0 spiro atoms. The molecule has 0 saturated heterocycles. The Morgan fingerprint density at radius 3 is 1.41 bits per heavy atom. The van der Waals surface area contributed by atoms with Crippen LogP contribution in [0.1, 0.15) is 187 Å². The summed E-state index contributed by atoms with van der Waals surface area (Å²) >= 11 is 0. The Hall–Kier alpha value is -0.910. The summed E-state index contributed by atoms with van der Waals surface area (Å²) in [5, 5.41) is 33.3. The molecule has 41 heavy (non-hydrogen) atoms. The Labute approximate surface area is 255 Å². The number of amides is 1. The predicted molar refractivity (Wildman–Crippen MR) is 176 cm³/mol. The molecule has 0 aromatic rings. The average molecular weight is 582 g/mol. The van der Waals surface area contributed by atoms with Crippen LogP contribution in [0.25, 0.3) is 0 Å². The normalized spacial score (nSPS) is 14.0. The summed E-state index contributed by atoms with van der Waals surface area (Å²) in [4.78, 5) is 12.3. The molecule has 0 fully saturated rings. The first-order valence-corrected chi connectivity index (χ1v) is 18.0. The summed E-state index contributed by atoms with van der Waals surface area (Å²) in [7, 11) is 0. The molecule has 0 aliphatic heterocycles. The highest BCUT2D eigenvalue weighted by Gasteiger charge is 2.26. The molecule has 0 heterocycles. The standard InChI is InChI=1S/C36H71NO4/c1-3-5-7-9-11-13-15-17-18-19-21-23-25-27-29-31-35(40)37-33(32-38)36(41)34(39)30-28-26-24-22-20-16-14-12-10-8-6-4-2/h17-18,33-34,36,38-39,41H,3-16,19-32H2,1-2H3,(H,37,40). The van der Waals surface area contributed by atoms with Gasteiger partial charge in [0.2, 0.25) is 5.91 Å². The van der Waals surface area contributed by atoms with E-state index in [1.807, 2.05) is 0 Å². The molecule has 3 unspecified atom stereocenters. The van der Waals surface area contributed by atoms with E-state index in [-0.39, 0.29) is 12.5 Å². The highest BCUT2D eigenvalue weighted by molar-refractivity contribution is 5.76. The number of aliphatic hydroxyl groups is 3. The third-order valence-electron chi connectivity index (χ3n) is 8.37. The molecule has 0 rings (SSSR count). The van der Waals surface area contributed by atoms with Crippen LogP contribution in [0.3, 0.4) is 0 Å². The Morgan fingerprint density at radius 2 is 0.976 bits per heavy atom. The van der Waals surface area contributed by atoms with Crippen molar-refractivity contribution in [2.75, 3.05) is 6.61 Å². The molecule has 5 heteroatoms. The molecular weight excluding hydrogens is 510 g/mol. The maximum atomic E-state index is 12.3. The van der Waals surface area contributed by atoms with Gasteiger partial charge in [-0.25, -0.2) is 0 Å². The largest absolute Gasteiger partial charge is 0.394 e. The van der Waals surface area contributed by atoms with Crippen molar-refractivity contribution in [3.63, 3.8) is 0 Å². The van der Waals surface area contributed by atoms with Gasteiger partial charge in [0, 0.05) is 6.42 Å². The second-order valence-corrected chi connectivity index (χ2v) is 12.4. The highest BCUT2D eigenvalue weighted by Crippen LogP contribution is 2.15. The van der Waals surface area contributed by atoms with E-state index in [1.54, 1.807) is 0 Å². The number of unbranched alkanes of at least 4 members (excludes halogenated alkanes) is 22. The van der Waals surface area contributed by atoms with Crippen LogP contribution >= 0.6 is 0 Å². The molecule has 0 aromatic heterocycles. The van der Waals surface area contributed by atoms with E-state index in [2.05, 4.69) is 31.3 Å². The molecule has 0 aromatic carbocycles. The predicted octanol–water partition coefficient (Wildman–Crippen LogP) is 9.31. The van der Waals surface area contributed by atoms with Crippen molar-refractivity contribution in [1.29, 1.82) is 0 Å². The summed E-state index contributed by atoms with van der Waals surface area (Å²) in [6.45, 7) is 4.15. The second kappa shape index (κ2) is 32.0. The highest BCUT2D eigenvalue weighted by atomic mass is 16.3. The maximum absolute atomic E-state index is 12.3. The van der Waals surface area contributed by atoms with Crippen molar-refractivity contribution < 1.29 is 20.1 Å². The number of allylic oxidation sites excluding steroid dienone is 2. The molecular formula is C36H71NO4. The van der Waals surface area contributed by atoms with Crippen molar-refractivity contribution in [2.24, 2.45) is 0 Å². The molecule has 244 valence electrons. The lowest BCUT2D eigenvalue weighted by Gasteiger charge is -2.26. The summed E-state index contributed by atoms with van der Waals surface area (Å²) in [5.41, 5.74) is 0. The molecule has 1 amide bonds. The number of aliphatic hydroxyl groups excluding tert-OH is 3. The van der Waals surface area contributed by atoms with Crippen molar-refractivity contribution in [1.82, 2.24) is 5.32 Å². The fourth-order valence-corrected chi connectivity index (χ4v) is 5.51. The fraction of sp³-hybridized carbons (Fsp3) is 0.917. The fourth-order valence-electron chi connectivity index (χ4n) is 5.51. The van der Waals surface area contributed by atoms with E-state index in [9.17, 15) is 20.1 Å². The van der Waals surface area contributed by atoms with E-state index < -0.39 is 18.2 Å². The van der Waals surface area contributed by atoms with E-state index >= 15 is 0 Å². The van der Waals surface area contributed by atoms with Gasteiger partial charge in [-0.05, 0) is 38.5 Å². The van der Waals surface area contributed by atoms with Crippen LogP contribution in [0.2, 0.25) is 0 Å². The lowest BCUT2D eigenvalue weighted by Crippen LogP contribution is -2.50. The summed E-state index contributed by atoms with van der Waals surface area (Å²) in [6, 6.07) is -0.807. The van der Waals surface area contributed by atoms with Gasteiger partial charge in [0.05, 0.1) is 18.8 Å². The minimum absolute atomic E-state index is 0.154. The van der Waals surface area contributed by atoms with Gasteiger partial charge in [0.25, 0.3) is 0 Å². The van der Waals surface area contributed by atoms with Crippen LogP contribution in [0.15, 0.2) is 12.2 Å². The maximum Gasteiger partial charge on any atom is 0.220 e. The Bertz CT molecular complexity index is 568. The number of rotatable bonds is 32. The Balaban J connectivity index is 3.71. The minimum Gasteiger partial charge on any atom is -0.394 e. The lowest BCUT2D eigenvalue weighted by atomic mass is 9.99. The smallest absolute Gasteiger partial charge is 0.220 e. The number of hydrogen-bond donors (Lipinski definition) is 4. The van der Waals surface area contributed by atoms with E-state index in [0.717, 1.165) is 44.9 Å². The van der Waals surface area contributed by atoms with Gasteiger partial charge in [-0.3, -0.25) is 4.79 Å². The lowest BCUT2D eigenvalue weighted by molar-refractivity contribution is -0.124. The first-order valence-electron chi connectivity index (χ1n) is 18.0. The van der Waals surface area contributed by atoms with Crippen molar-refractivity contribution in [3.05, 3.63) is 12.2 Å². The molecule has 0 aliphatic rings. The van der Waals surface area contributed by atoms with Crippen molar-refractivity contribution >= 4 is 5.91 Å². The van der Waals surface area contributed by atoms with Crippen molar-refractivity contribution in [2.45, 2.75) is 205 Å². The van der Waals surface area contributed by atoms with Gasteiger partial charge in [0.1, 0.15) is 6.10 Å². The summed E-state index contributed by atoms with van der Waals surface area (Å²) in [5.74, 6) is -0.154. The van der Waals surface area contributed by atoms with Crippen molar-refractivity contribution in [3.8, 4) is 0 Å². The number of carbonyl (C=O) groups excluding carboxylic acids is 1. The van der Waals surface area contributed by atoms with E-state index in [1.165, 1.54) is 116 Å². The first kappa shape index (κ1) is 40.1. The molecule has 0 radical (unpaired) electrons. The van der Waals surface area contributed by atoms with Gasteiger partial charge in [-0.1, -0.05) is 154 Å². The Kier molecular flexibility index (Phi) is 31.3. The third kappa shape index (κ3) is 27.7.